The Hall–Kier alpha value is -4.82. The number of aromatic hydroxyl groups is 2. The molecule has 3 aromatic rings. The number of nitrogens with two attached hydrogens (primary N) is 1. The van der Waals surface area contributed by atoms with Gasteiger partial charge in [-0.05, 0) is 48.5 Å². The van der Waals surface area contributed by atoms with E-state index in [1.165, 1.54) is 48.5 Å². The van der Waals surface area contributed by atoms with Crippen molar-refractivity contribution < 1.29 is 38.9 Å². The number of nitrogens with one attached hydrogen (secondary N) is 3. The number of aldehydes is 1. The third-order valence-electron chi connectivity index (χ3n) is 5.70. The van der Waals surface area contributed by atoms with Crippen LogP contribution in [0.4, 0.5) is 11.4 Å². The van der Waals surface area contributed by atoms with Gasteiger partial charge in [0.2, 0.25) is 18.4 Å². The normalized spacial score (nSPS) is 11.9. The average molecular weight is 563 g/mol. The molecule has 12 nitrogen and oxygen atoms in total. The smallest absolute Gasteiger partial charge is 0.255 e. The van der Waals surface area contributed by atoms with Gasteiger partial charge in [0.05, 0.1) is 11.3 Å². The van der Waals surface area contributed by atoms with Gasteiger partial charge in [-0.3, -0.25) is 24.0 Å². The lowest BCUT2D eigenvalue weighted by molar-refractivity contribution is -0.134. The number of anilines is 2. The Balaban J connectivity index is 1.74. The van der Waals surface area contributed by atoms with E-state index in [0.29, 0.717) is 6.29 Å². The van der Waals surface area contributed by atoms with Gasteiger partial charge in [-0.25, -0.2) is 12.5 Å². The minimum atomic E-state index is -1.50. The minimum absolute atomic E-state index is 0.120. The summed E-state index contributed by atoms with van der Waals surface area (Å²) in [6.07, 6.45) is -1.14. The average Bonchev–Trinajstić information content (AvgIpc) is 2.95. The molecule has 0 aromatic heterocycles. The summed E-state index contributed by atoms with van der Waals surface area (Å²) >= 11 is 4.04. The first-order valence-corrected chi connectivity index (χ1v) is 12.0. The van der Waals surface area contributed by atoms with Crippen LogP contribution in [0.15, 0.2) is 60.7 Å². The molecule has 0 bridgehead atoms. The van der Waals surface area contributed by atoms with Gasteiger partial charge in [-0.2, -0.15) is 0 Å². The van der Waals surface area contributed by atoms with E-state index >= 15 is 0 Å². The molecule has 0 aliphatic carbocycles. The maximum absolute atomic E-state index is 13.1. The van der Waals surface area contributed by atoms with Crippen LogP contribution in [0.3, 0.4) is 0 Å². The number of methoxy groups -OCH3 is 1. The highest BCUT2D eigenvalue weighted by atomic mass is 32.1. The van der Waals surface area contributed by atoms with Crippen molar-refractivity contribution in [2.24, 2.45) is 5.73 Å². The summed E-state index contributed by atoms with van der Waals surface area (Å²) in [7, 11) is 1.16. The maximum Gasteiger partial charge on any atom is 0.255 e. The van der Waals surface area contributed by atoms with Crippen LogP contribution in [0.1, 0.15) is 31.1 Å². The van der Waals surface area contributed by atoms with Gasteiger partial charge in [0.15, 0.2) is 23.9 Å². The monoisotopic (exact) mass is 563 g/mol. The quantitative estimate of drug-likeness (QED) is 0.0761. The molecule has 1 radical (unpaired) electrons. The molecule has 0 saturated carbocycles. The molecule has 40 heavy (non-hydrogen) atoms. The Morgan fingerprint density at radius 3 is 2.05 bits per heavy atom. The van der Waals surface area contributed by atoms with E-state index < -0.39 is 47.3 Å². The summed E-state index contributed by atoms with van der Waals surface area (Å²) in [5.74, 6) is -4.46. The molecular formula is C26H24BN4O8S. The van der Waals surface area contributed by atoms with Crippen LogP contribution in [0, 0.1) is 0 Å². The molecule has 3 rings (SSSR count). The summed E-state index contributed by atoms with van der Waals surface area (Å²) in [4.78, 5) is 61.3. The number of carbonyl (C=O) groups is 5. The number of phenols is 2. The fourth-order valence-corrected chi connectivity index (χ4v) is 3.72. The van der Waals surface area contributed by atoms with Crippen molar-refractivity contribution >= 4 is 65.8 Å². The van der Waals surface area contributed by atoms with E-state index in [2.05, 4.69) is 28.4 Å². The first-order chi connectivity index (χ1) is 19.1. The molecular weight excluding hydrogens is 539 g/mol. The van der Waals surface area contributed by atoms with Crippen molar-refractivity contribution in [1.29, 1.82) is 0 Å². The second-order valence-electron chi connectivity index (χ2n) is 8.30. The molecule has 0 heterocycles. The van der Waals surface area contributed by atoms with Crippen molar-refractivity contribution in [3.05, 3.63) is 77.4 Å². The molecule has 14 heteroatoms. The van der Waals surface area contributed by atoms with E-state index in [4.69, 9.17) is 10.5 Å². The maximum atomic E-state index is 13.1. The van der Waals surface area contributed by atoms with Crippen molar-refractivity contribution in [1.82, 2.24) is 5.32 Å². The second-order valence-corrected chi connectivity index (χ2v) is 8.56. The van der Waals surface area contributed by atoms with E-state index in [9.17, 15) is 34.2 Å². The van der Waals surface area contributed by atoms with Gasteiger partial charge in [-0.15, -0.1) is 0 Å². The van der Waals surface area contributed by atoms with Crippen LogP contribution in [-0.4, -0.2) is 65.9 Å². The molecule has 0 saturated heterocycles. The molecule has 2 unspecified atom stereocenters. The second kappa shape index (κ2) is 13.3. The van der Waals surface area contributed by atoms with E-state index in [1.54, 1.807) is 18.7 Å². The summed E-state index contributed by atoms with van der Waals surface area (Å²) in [6, 6.07) is 12.8. The van der Waals surface area contributed by atoms with Crippen LogP contribution in [0.25, 0.3) is 0 Å². The Bertz CT molecular complexity index is 1430. The molecule has 7 N–H and O–H groups in total. The van der Waals surface area contributed by atoms with Crippen LogP contribution < -0.4 is 27.1 Å². The van der Waals surface area contributed by atoms with E-state index in [0.717, 1.165) is 12.6 Å². The van der Waals surface area contributed by atoms with Crippen LogP contribution >= 0.6 is 12.5 Å². The SMILES string of the molecule is COC(C(N)=O)C(NC(=O)c1ccc([B]S)cc1)C(=O)Nc1ccc(C(=O)Nc2ccc(C=O)c(O)c2O)cc1. The highest BCUT2D eigenvalue weighted by Gasteiger charge is 2.34. The van der Waals surface area contributed by atoms with Crippen molar-refractivity contribution in [2.45, 2.75) is 12.1 Å². The molecule has 0 aliphatic heterocycles. The first-order valence-electron chi connectivity index (χ1n) is 11.5. The van der Waals surface area contributed by atoms with Crippen LogP contribution in [0.2, 0.25) is 0 Å². The van der Waals surface area contributed by atoms with Crippen LogP contribution in [-0.2, 0) is 14.3 Å². The zero-order chi connectivity index (χ0) is 29.4. The predicted octanol–water partition coefficient (Wildman–Crippen LogP) is 0.574. The molecule has 0 aliphatic rings. The van der Waals surface area contributed by atoms with Crippen molar-refractivity contribution in [2.75, 3.05) is 17.7 Å². The van der Waals surface area contributed by atoms with E-state index in [1.807, 2.05) is 0 Å². The predicted molar refractivity (Wildman–Crippen MR) is 150 cm³/mol. The van der Waals surface area contributed by atoms with Gasteiger partial charge in [-0.1, -0.05) is 17.6 Å². The largest absolute Gasteiger partial charge is 0.504 e. The number of hydrogen-bond acceptors (Lipinski definition) is 9. The van der Waals surface area contributed by atoms with Gasteiger partial charge >= 0.3 is 0 Å². The highest BCUT2D eigenvalue weighted by molar-refractivity contribution is 8.08. The first kappa shape index (κ1) is 29.7. The fourth-order valence-electron chi connectivity index (χ4n) is 3.55. The highest BCUT2D eigenvalue weighted by Crippen LogP contribution is 2.35. The summed E-state index contributed by atoms with van der Waals surface area (Å²) in [5, 5.41) is 27.2. The summed E-state index contributed by atoms with van der Waals surface area (Å²) < 4.78 is 5.07. The molecule has 0 spiro atoms. The standard InChI is InChI=1S/C26H24BN4O8S/c1-39-22(23(28)35)19(31-25(37)13-2-7-16(27-40)8-3-13)26(38)29-17-9-4-14(5-10-17)24(36)30-18-11-6-15(12-32)20(33)21(18)34/h2-12,19,22,33-34,40H,1H3,(H2,28,35)(H,29,38)(H,30,36)(H,31,37). The zero-order valence-corrected chi connectivity index (χ0v) is 21.8. The Morgan fingerprint density at radius 1 is 0.900 bits per heavy atom. The number of benzene rings is 3. The minimum Gasteiger partial charge on any atom is -0.504 e. The third-order valence-corrected chi connectivity index (χ3v) is 6.00. The molecule has 4 amide bonds. The lowest BCUT2D eigenvalue weighted by Gasteiger charge is -2.24. The third kappa shape index (κ3) is 6.98. The number of ether oxygens (including phenoxy) is 1. The lowest BCUT2D eigenvalue weighted by Crippen LogP contribution is -2.56. The number of phenolic OH excluding ortho intramolecular Hbond substituents is 2. The Kier molecular flexibility index (Phi) is 9.89. The number of hydrogen-bond donors (Lipinski definition) is 7. The number of thiol groups is 1. The molecule has 0 fully saturated rings. The molecule has 2 atom stereocenters. The number of primary amides is 1. The fraction of sp³-hybridized carbons (Fsp3) is 0.115. The Morgan fingerprint density at radius 2 is 1.50 bits per heavy atom. The van der Waals surface area contributed by atoms with Gasteiger partial charge in [0.25, 0.3) is 11.8 Å². The van der Waals surface area contributed by atoms with Crippen molar-refractivity contribution in [3.63, 3.8) is 0 Å². The van der Waals surface area contributed by atoms with Gasteiger partial charge < -0.3 is 36.6 Å². The summed E-state index contributed by atoms with van der Waals surface area (Å²) in [5.41, 5.74) is 6.41. The molecule has 205 valence electrons. The number of rotatable bonds is 11. The number of carbonyl (C=O) groups excluding carboxylic acids is 5. The zero-order valence-electron chi connectivity index (χ0n) is 21.0. The summed E-state index contributed by atoms with van der Waals surface area (Å²) in [6.45, 7) is 1.54. The van der Waals surface area contributed by atoms with Gasteiger partial charge in [0, 0.05) is 23.9 Å². The van der Waals surface area contributed by atoms with Gasteiger partial charge in [0.1, 0.15) is 6.04 Å². The lowest BCUT2D eigenvalue weighted by atomic mass is 9.93. The van der Waals surface area contributed by atoms with Crippen molar-refractivity contribution in [3.8, 4) is 11.5 Å². The Labute approximate surface area is 234 Å². The molecule has 3 aromatic carbocycles. The topological polar surface area (TPSA) is 197 Å². The number of amides is 4. The van der Waals surface area contributed by atoms with E-state index in [-0.39, 0.29) is 28.1 Å². The van der Waals surface area contributed by atoms with Crippen LogP contribution in [0.5, 0.6) is 11.5 Å².